The van der Waals surface area contributed by atoms with E-state index in [9.17, 15) is 0 Å². The molecule has 0 bridgehead atoms. The van der Waals surface area contributed by atoms with Crippen LogP contribution in [0.1, 0.15) is 0 Å². The predicted octanol–water partition coefficient (Wildman–Crippen LogP) is 13.5. The zero-order chi connectivity index (χ0) is 31.9. The Morgan fingerprint density at radius 2 is 0.604 bits per heavy atom. The van der Waals surface area contributed by atoms with Crippen LogP contribution in [0, 0.1) is 0 Å². The molecule has 0 atom stereocenters. The van der Waals surface area contributed by atoms with Gasteiger partial charge in [-0.3, -0.25) is 0 Å². The molecule has 0 heterocycles. The predicted molar refractivity (Wildman–Crippen MR) is 206 cm³/mol. The van der Waals surface area contributed by atoms with E-state index >= 15 is 0 Å². The lowest BCUT2D eigenvalue weighted by Gasteiger charge is -2.21. The number of rotatable bonds is 5. The minimum Gasteiger partial charge on any atom is -0.0622 e. The lowest BCUT2D eigenvalue weighted by Crippen LogP contribution is -1.94. The van der Waals surface area contributed by atoms with E-state index in [2.05, 4.69) is 194 Å². The highest BCUT2D eigenvalue weighted by Crippen LogP contribution is 2.48. The number of hydrogen-bond acceptors (Lipinski definition) is 0. The second kappa shape index (κ2) is 11.8. The zero-order valence-electron chi connectivity index (χ0n) is 26.5. The van der Waals surface area contributed by atoms with Gasteiger partial charge >= 0.3 is 0 Å². The SMILES string of the molecule is c1ccc(-c2ccccc2-c2ccc(-c3ccccc3)c(-c3c4ccccc4c(-c4cccc5ccccc45)c4ccccc34)c2)cc1. The molecule has 0 aromatic heterocycles. The summed E-state index contributed by atoms with van der Waals surface area (Å²) in [5.41, 5.74) is 12.4. The highest BCUT2D eigenvalue weighted by atomic mass is 14.2. The molecule has 9 rings (SSSR count). The van der Waals surface area contributed by atoms with Crippen molar-refractivity contribution in [3.8, 4) is 55.6 Å². The molecule has 0 aliphatic rings. The Hall–Kier alpha value is -6.24. The van der Waals surface area contributed by atoms with Crippen molar-refractivity contribution in [2.45, 2.75) is 0 Å². The smallest absolute Gasteiger partial charge is 0.00199 e. The van der Waals surface area contributed by atoms with Crippen molar-refractivity contribution in [3.63, 3.8) is 0 Å². The Balaban J connectivity index is 1.39. The van der Waals surface area contributed by atoms with E-state index in [1.54, 1.807) is 0 Å². The molecule has 0 heteroatoms. The summed E-state index contributed by atoms with van der Waals surface area (Å²) in [5.74, 6) is 0. The zero-order valence-corrected chi connectivity index (χ0v) is 26.5. The van der Waals surface area contributed by atoms with Gasteiger partial charge in [-0.1, -0.05) is 188 Å². The van der Waals surface area contributed by atoms with Crippen LogP contribution in [0.3, 0.4) is 0 Å². The van der Waals surface area contributed by atoms with Gasteiger partial charge in [0.2, 0.25) is 0 Å². The molecule has 0 radical (unpaired) electrons. The third-order valence-corrected chi connectivity index (χ3v) is 9.69. The monoisotopic (exact) mass is 608 g/mol. The lowest BCUT2D eigenvalue weighted by molar-refractivity contribution is 1.56. The molecule has 0 aliphatic carbocycles. The summed E-state index contributed by atoms with van der Waals surface area (Å²) in [6.07, 6.45) is 0. The van der Waals surface area contributed by atoms with Gasteiger partial charge in [-0.05, 0) is 94.0 Å². The van der Waals surface area contributed by atoms with Gasteiger partial charge in [-0.15, -0.1) is 0 Å². The molecule has 224 valence electrons. The van der Waals surface area contributed by atoms with Crippen molar-refractivity contribution < 1.29 is 0 Å². The van der Waals surface area contributed by atoms with Gasteiger partial charge in [0.15, 0.2) is 0 Å². The summed E-state index contributed by atoms with van der Waals surface area (Å²) < 4.78 is 0. The Morgan fingerprint density at radius 1 is 0.208 bits per heavy atom. The van der Waals surface area contributed by atoms with E-state index in [-0.39, 0.29) is 0 Å². The van der Waals surface area contributed by atoms with Crippen LogP contribution in [0.4, 0.5) is 0 Å². The molecule has 0 spiro atoms. The summed E-state index contributed by atoms with van der Waals surface area (Å²) in [7, 11) is 0. The normalized spacial score (nSPS) is 11.3. The van der Waals surface area contributed by atoms with Crippen LogP contribution in [0.25, 0.3) is 88.0 Å². The Bertz CT molecular complexity index is 2530. The van der Waals surface area contributed by atoms with E-state index < -0.39 is 0 Å². The van der Waals surface area contributed by atoms with E-state index in [1.165, 1.54) is 88.0 Å². The summed E-state index contributed by atoms with van der Waals surface area (Å²) in [6.45, 7) is 0. The lowest BCUT2D eigenvalue weighted by atomic mass is 9.82. The summed E-state index contributed by atoms with van der Waals surface area (Å²) in [5, 5.41) is 7.55. The largest absolute Gasteiger partial charge is 0.0622 e. The molecular formula is C48H32. The van der Waals surface area contributed by atoms with E-state index in [0.717, 1.165) is 0 Å². The quantitative estimate of drug-likeness (QED) is 0.171. The molecule has 9 aromatic carbocycles. The second-order valence-electron chi connectivity index (χ2n) is 12.4. The Kier molecular flexibility index (Phi) is 6.91. The van der Waals surface area contributed by atoms with Crippen LogP contribution in [0.2, 0.25) is 0 Å². The van der Waals surface area contributed by atoms with Crippen LogP contribution < -0.4 is 0 Å². The average molecular weight is 609 g/mol. The van der Waals surface area contributed by atoms with Crippen LogP contribution >= 0.6 is 0 Å². The van der Waals surface area contributed by atoms with Gasteiger partial charge in [-0.25, -0.2) is 0 Å². The number of hydrogen-bond donors (Lipinski definition) is 0. The maximum Gasteiger partial charge on any atom is -0.00199 e. The van der Waals surface area contributed by atoms with Crippen molar-refractivity contribution in [2.24, 2.45) is 0 Å². The topological polar surface area (TPSA) is 0 Å². The molecule has 0 aliphatic heterocycles. The van der Waals surface area contributed by atoms with Crippen molar-refractivity contribution in [2.75, 3.05) is 0 Å². The molecule has 48 heavy (non-hydrogen) atoms. The molecule has 0 saturated heterocycles. The molecule has 0 saturated carbocycles. The molecule has 9 aromatic rings. The fourth-order valence-electron chi connectivity index (χ4n) is 7.54. The third kappa shape index (κ3) is 4.70. The number of benzene rings is 9. The summed E-state index contributed by atoms with van der Waals surface area (Å²) in [6, 6.07) is 70.7. The van der Waals surface area contributed by atoms with Gasteiger partial charge in [0.1, 0.15) is 0 Å². The molecule has 0 amide bonds. The first-order valence-electron chi connectivity index (χ1n) is 16.6. The molecule has 0 unspecified atom stereocenters. The van der Waals surface area contributed by atoms with E-state index in [0.29, 0.717) is 0 Å². The fraction of sp³-hybridized carbons (Fsp3) is 0. The number of fused-ring (bicyclic) bond motifs is 3. The molecule has 0 nitrogen and oxygen atoms in total. The fourth-order valence-corrected chi connectivity index (χ4v) is 7.54. The average Bonchev–Trinajstić information content (AvgIpc) is 3.17. The van der Waals surface area contributed by atoms with E-state index in [4.69, 9.17) is 0 Å². The highest BCUT2D eigenvalue weighted by molar-refractivity contribution is 6.24. The first-order valence-corrected chi connectivity index (χ1v) is 16.6. The molecule has 0 fully saturated rings. The first-order chi connectivity index (χ1) is 23.8. The Labute approximate surface area is 281 Å². The van der Waals surface area contributed by atoms with Gasteiger partial charge in [0.25, 0.3) is 0 Å². The minimum atomic E-state index is 1.20. The van der Waals surface area contributed by atoms with Crippen molar-refractivity contribution in [1.29, 1.82) is 0 Å². The van der Waals surface area contributed by atoms with Crippen molar-refractivity contribution >= 4 is 32.3 Å². The van der Waals surface area contributed by atoms with Crippen LogP contribution in [0.5, 0.6) is 0 Å². The van der Waals surface area contributed by atoms with Gasteiger partial charge in [0.05, 0.1) is 0 Å². The van der Waals surface area contributed by atoms with Gasteiger partial charge in [0, 0.05) is 0 Å². The maximum atomic E-state index is 2.43. The van der Waals surface area contributed by atoms with E-state index in [1.807, 2.05) is 0 Å². The van der Waals surface area contributed by atoms with Crippen molar-refractivity contribution in [1.82, 2.24) is 0 Å². The Morgan fingerprint density at radius 3 is 1.19 bits per heavy atom. The van der Waals surface area contributed by atoms with Crippen LogP contribution in [0.15, 0.2) is 194 Å². The minimum absolute atomic E-state index is 1.20. The first kappa shape index (κ1) is 28.0. The van der Waals surface area contributed by atoms with Gasteiger partial charge in [-0.2, -0.15) is 0 Å². The second-order valence-corrected chi connectivity index (χ2v) is 12.4. The summed E-state index contributed by atoms with van der Waals surface area (Å²) >= 11 is 0. The van der Waals surface area contributed by atoms with Crippen LogP contribution in [-0.4, -0.2) is 0 Å². The molecule has 0 N–H and O–H groups in total. The van der Waals surface area contributed by atoms with Gasteiger partial charge < -0.3 is 0 Å². The standard InChI is InChI=1S/C48H32/c1-3-16-33(17-4-1)37-22-9-10-24-39(37)36-30-31-40(34-18-5-2-6-19-34)46(32-36)48-44-27-13-11-25-42(44)47(43-26-12-14-28-45(43)48)41-29-15-21-35-20-7-8-23-38(35)41/h1-32H. The van der Waals surface area contributed by atoms with Crippen molar-refractivity contribution in [3.05, 3.63) is 194 Å². The van der Waals surface area contributed by atoms with Crippen LogP contribution in [-0.2, 0) is 0 Å². The maximum absolute atomic E-state index is 2.43. The molecular weight excluding hydrogens is 577 g/mol. The highest BCUT2D eigenvalue weighted by Gasteiger charge is 2.21. The summed E-state index contributed by atoms with van der Waals surface area (Å²) in [4.78, 5) is 0. The third-order valence-electron chi connectivity index (χ3n) is 9.69.